The Bertz CT molecular complexity index is 944. The summed E-state index contributed by atoms with van der Waals surface area (Å²) in [7, 11) is 1.56. The van der Waals surface area contributed by atoms with Crippen molar-refractivity contribution in [1.82, 2.24) is 4.57 Å². The highest BCUT2D eigenvalue weighted by Gasteiger charge is 2.17. The van der Waals surface area contributed by atoms with E-state index in [0.29, 0.717) is 21.9 Å². The van der Waals surface area contributed by atoms with E-state index < -0.39 is 5.97 Å². The van der Waals surface area contributed by atoms with Crippen molar-refractivity contribution < 1.29 is 19.4 Å². The molecular weight excluding hydrogens is 342 g/mol. The Morgan fingerprint density at radius 1 is 1.16 bits per heavy atom. The van der Waals surface area contributed by atoms with Gasteiger partial charge in [-0.3, -0.25) is 9.59 Å². The van der Waals surface area contributed by atoms with Crippen molar-refractivity contribution in [3.8, 4) is 5.75 Å². The number of fused-ring (bicyclic) bond motifs is 1. The number of methoxy groups -OCH3 is 1. The standard InChI is InChI=1S/C19H16ClNO4/c1-25-14-6-7-15-16(19(24)12-2-4-13(20)5-3-12)11-21(17(15)10-14)9-8-18(22)23/h2-7,10-11H,8-9H2,1H3,(H,22,23). The molecule has 0 fully saturated rings. The molecule has 0 atom stereocenters. The smallest absolute Gasteiger partial charge is 0.305 e. The van der Waals surface area contributed by atoms with Gasteiger partial charge < -0.3 is 14.4 Å². The number of hydrogen-bond donors (Lipinski definition) is 1. The summed E-state index contributed by atoms with van der Waals surface area (Å²) in [4.78, 5) is 23.8. The molecule has 0 aliphatic rings. The molecule has 1 heterocycles. The highest BCUT2D eigenvalue weighted by molar-refractivity contribution is 6.30. The maximum Gasteiger partial charge on any atom is 0.305 e. The van der Waals surface area contributed by atoms with E-state index in [1.807, 2.05) is 6.07 Å². The normalized spacial score (nSPS) is 10.8. The summed E-state index contributed by atoms with van der Waals surface area (Å²) >= 11 is 5.88. The third-order valence-electron chi connectivity index (χ3n) is 4.01. The average Bonchev–Trinajstić information content (AvgIpc) is 2.97. The van der Waals surface area contributed by atoms with Gasteiger partial charge in [-0.2, -0.15) is 0 Å². The number of nitrogens with zero attached hydrogens (tertiary/aromatic N) is 1. The second-order valence-electron chi connectivity index (χ2n) is 5.60. The van der Waals surface area contributed by atoms with Crippen LogP contribution in [0.2, 0.25) is 5.02 Å². The van der Waals surface area contributed by atoms with Gasteiger partial charge in [0.05, 0.1) is 19.0 Å². The molecule has 1 aromatic heterocycles. The number of carboxylic acid groups (broad SMARTS) is 1. The molecule has 2 aromatic carbocycles. The molecule has 0 spiro atoms. The van der Waals surface area contributed by atoms with Crippen LogP contribution in [0.4, 0.5) is 0 Å². The lowest BCUT2D eigenvalue weighted by molar-refractivity contribution is -0.137. The van der Waals surface area contributed by atoms with Gasteiger partial charge in [-0.25, -0.2) is 0 Å². The van der Waals surface area contributed by atoms with E-state index in [0.717, 1.165) is 10.9 Å². The van der Waals surface area contributed by atoms with Gasteiger partial charge in [0.2, 0.25) is 0 Å². The number of halogens is 1. The average molecular weight is 358 g/mol. The molecule has 0 amide bonds. The van der Waals surface area contributed by atoms with Crippen molar-refractivity contribution in [3.63, 3.8) is 0 Å². The largest absolute Gasteiger partial charge is 0.497 e. The minimum Gasteiger partial charge on any atom is -0.497 e. The molecule has 3 rings (SSSR count). The van der Waals surface area contributed by atoms with Crippen LogP contribution in [-0.2, 0) is 11.3 Å². The molecule has 6 heteroatoms. The Morgan fingerprint density at radius 2 is 1.88 bits per heavy atom. The molecule has 25 heavy (non-hydrogen) atoms. The fourth-order valence-electron chi connectivity index (χ4n) is 2.74. The Balaban J connectivity index is 2.09. The predicted molar refractivity (Wildman–Crippen MR) is 95.6 cm³/mol. The molecule has 0 saturated heterocycles. The van der Waals surface area contributed by atoms with Crippen LogP contribution in [0, 0.1) is 0 Å². The summed E-state index contributed by atoms with van der Waals surface area (Å²) in [6, 6.07) is 12.1. The van der Waals surface area contributed by atoms with E-state index in [2.05, 4.69) is 0 Å². The zero-order valence-electron chi connectivity index (χ0n) is 13.5. The van der Waals surface area contributed by atoms with Crippen LogP contribution >= 0.6 is 11.6 Å². The van der Waals surface area contributed by atoms with Crippen LogP contribution in [0.1, 0.15) is 22.3 Å². The van der Waals surface area contributed by atoms with Crippen molar-refractivity contribution in [2.24, 2.45) is 0 Å². The molecule has 0 aliphatic heterocycles. The van der Waals surface area contributed by atoms with Gasteiger partial charge in [0, 0.05) is 40.3 Å². The zero-order chi connectivity index (χ0) is 18.0. The number of ketones is 1. The van der Waals surface area contributed by atoms with Crippen LogP contribution in [0.15, 0.2) is 48.7 Å². The van der Waals surface area contributed by atoms with Gasteiger partial charge in [-0.05, 0) is 36.4 Å². The highest BCUT2D eigenvalue weighted by Crippen LogP contribution is 2.28. The van der Waals surface area contributed by atoms with Crippen molar-refractivity contribution in [2.45, 2.75) is 13.0 Å². The van der Waals surface area contributed by atoms with Crippen molar-refractivity contribution >= 4 is 34.3 Å². The molecule has 3 aromatic rings. The molecule has 1 N–H and O–H groups in total. The molecule has 0 bridgehead atoms. The van der Waals surface area contributed by atoms with Crippen molar-refractivity contribution in [3.05, 3.63) is 64.8 Å². The van der Waals surface area contributed by atoms with E-state index in [4.69, 9.17) is 21.4 Å². The monoisotopic (exact) mass is 357 g/mol. The maximum atomic E-state index is 12.9. The first-order valence-electron chi connectivity index (χ1n) is 7.68. The van der Waals surface area contributed by atoms with Crippen molar-refractivity contribution in [2.75, 3.05) is 7.11 Å². The first-order chi connectivity index (χ1) is 12.0. The molecule has 0 radical (unpaired) electrons. The van der Waals surface area contributed by atoms with Crippen LogP contribution in [0.25, 0.3) is 10.9 Å². The van der Waals surface area contributed by atoms with Crippen LogP contribution in [0.5, 0.6) is 5.75 Å². The summed E-state index contributed by atoms with van der Waals surface area (Å²) in [6.45, 7) is 0.271. The van der Waals surface area contributed by atoms with Gasteiger partial charge >= 0.3 is 5.97 Å². The van der Waals surface area contributed by atoms with E-state index >= 15 is 0 Å². The van der Waals surface area contributed by atoms with Gasteiger partial charge in [0.25, 0.3) is 0 Å². The number of benzene rings is 2. The fourth-order valence-corrected chi connectivity index (χ4v) is 2.86. The summed E-state index contributed by atoms with van der Waals surface area (Å²) in [6.07, 6.45) is 1.67. The molecular formula is C19H16ClNO4. The Morgan fingerprint density at radius 3 is 2.52 bits per heavy atom. The first kappa shape index (κ1) is 17.0. The van der Waals surface area contributed by atoms with E-state index in [1.54, 1.807) is 54.3 Å². The zero-order valence-corrected chi connectivity index (χ0v) is 14.3. The maximum absolute atomic E-state index is 12.9. The minimum atomic E-state index is -0.893. The summed E-state index contributed by atoms with van der Waals surface area (Å²) in [5.74, 6) is -0.385. The van der Waals surface area contributed by atoms with Crippen LogP contribution in [-0.4, -0.2) is 28.5 Å². The number of aryl methyl sites for hydroxylation is 1. The minimum absolute atomic E-state index is 0.0322. The summed E-state index contributed by atoms with van der Waals surface area (Å²) < 4.78 is 7.01. The summed E-state index contributed by atoms with van der Waals surface area (Å²) in [5, 5.41) is 10.3. The van der Waals surface area contributed by atoms with E-state index in [9.17, 15) is 9.59 Å². The van der Waals surface area contributed by atoms with E-state index in [-0.39, 0.29) is 18.7 Å². The number of ether oxygens (including phenoxy) is 1. The number of carbonyl (C=O) groups excluding carboxylic acids is 1. The third kappa shape index (κ3) is 3.51. The number of hydrogen-bond acceptors (Lipinski definition) is 3. The molecule has 5 nitrogen and oxygen atoms in total. The lowest BCUT2D eigenvalue weighted by Crippen LogP contribution is -2.04. The van der Waals surface area contributed by atoms with Crippen molar-refractivity contribution in [1.29, 1.82) is 0 Å². The number of aliphatic carboxylic acids is 1. The molecule has 0 saturated carbocycles. The Labute approximate surface area is 149 Å². The van der Waals surface area contributed by atoms with Gasteiger partial charge in [-0.1, -0.05) is 11.6 Å². The lowest BCUT2D eigenvalue weighted by Gasteiger charge is -2.04. The molecule has 0 aliphatic carbocycles. The van der Waals surface area contributed by atoms with Gasteiger partial charge in [0.1, 0.15) is 5.75 Å². The SMILES string of the molecule is COc1ccc2c(C(=O)c3ccc(Cl)cc3)cn(CCC(=O)O)c2c1. The fraction of sp³-hybridized carbons (Fsp3) is 0.158. The molecule has 0 unspecified atom stereocenters. The van der Waals surface area contributed by atoms with Gasteiger partial charge in [-0.15, -0.1) is 0 Å². The highest BCUT2D eigenvalue weighted by atomic mass is 35.5. The van der Waals surface area contributed by atoms with Gasteiger partial charge in [0.15, 0.2) is 5.78 Å². The third-order valence-corrected chi connectivity index (χ3v) is 4.26. The van der Waals surface area contributed by atoms with Crippen LogP contribution < -0.4 is 4.74 Å². The Kier molecular flexibility index (Phi) is 4.76. The number of rotatable bonds is 6. The topological polar surface area (TPSA) is 68.5 Å². The lowest BCUT2D eigenvalue weighted by atomic mass is 10.0. The number of carbonyl (C=O) groups is 2. The number of carboxylic acids is 1. The second-order valence-corrected chi connectivity index (χ2v) is 6.04. The predicted octanol–water partition coefficient (Wildman–Crippen LogP) is 4.01. The number of aromatic nitrogens is 1. The quantitative estimate of drug-likeness (QED) is 0.677. The second kappa shape index (κ2) is 6.99. The van der Waals surface area contributed by atoms with Crippen LogP contribution in [0.3, 0.4) is 0 Å². The first-order valence-corrected chi connectivity index (χ1v) is 8.06. The Hall–Kier alpha value is -2.79. The summed E-state index contributed by atoms with van der Waals surface area (Å²) in [5.41, 5.74) is 1.81. The van der Waals surface area contributed by atoms with E-state index in [1.165, 1.54) is 0 Å². The molecule has 128 valence electrons.